The molecule has 0 radical (unpaired) electrons. The van der Waals surface area contributed by atoms with E-state index in [-0.39, 0.29) is 12.3 Å². The van der Waals surface area contributed by atoms with Gasteiger partial charge in [-0.1, -0.05) is 18.2 Å². The summed E-state index contributed by atoms with van der Waals surface area (Å²) in [5.74, 6) is 0. The highest BCUT2D eigenvalue weighted by Gasteiger charge is 2.30. The first-order valence-electron chi connectivity index (χ1n) is 10.1. The monoisotopic (exact) mass is 455 g/mol. The SMILES string of the molecule is O=C(Nc1ccc(Cc2cncc3c2cnn3CCO)cc1)Nc1cccc(C(F)(F)F)c1. The molecule has 2 aromatic carbocycles. The van der Waals surface area contributed by atoms with Crippen molar-refractivity contribution >= 4 is 28.3 Å². The van der Waals surface area contributed by atoms with E-state index in [0.717, 1.165) is 34.2 Å². The van der Waals surface area contributed by atoms with E-state index in [4.69, 9.17) is 5.11 Å². The lowest BCUT2D eigenvalue weighted by molar-refractivity contribution is -0.137. The summed E-state index contributed by atoms with van der Waals surface area (Å²) in [5, 5.41) is 19.4. The molecule has 7 nitrogen and oxygen atoms in total. The molecule has 33 heavy (non-hydrogen) atoms. The summed E-state index contributed by atoms with van der Waals surface area (Å²) in [6.07, 6.45) is 1.32. The number of alkyl halides is 3. The van der Waals surface area contributed by atoms with Gasteiger partial charge >= 0.3 is 12.2 Å². The molecule has 0 bridgehead atoms. The molecule has 0 unspecified atom stereocenters. The Morgan fingerprint density at radius 1 is 1.00 bits per heavy atom. The molecular weight excluding hydrogens is 435 g/mol. The molecule has 4 aromatic rings. The highest BCUT2D eigenvalue weighted by molar-refractivity contribution is 5.99. The summed E-state index contributed by atoms with van der Waals surface area (Å²) >= 11 is 0. The highest BCUT2D eigenvalue weighted by Crippen LogP contribution is 2.30. The molecule has 2 heterocycles. The van der Waals surface area contributed by atoms with Crippen LogP contribution in [0.2, 0.25) is 0 Å². The number of hydrogen-bond donors (Lipinski definition) is 3. The van der Waals surface area contributed by atoms with Crippen LogP contribution in [0.5, 0.6) is 0 Å². The molecule has 0 aliphatic rings. The number of aliphatic hydroxyl groups excluding tert-OH is 1. The molecule has 2 aromatic heterocycles. The van der Waals surface area contributed by atoms with Crippen LogP contribution in [0.3, 0.4) is 0 Å². The Hall–Kier alpha value is -3.92. The van der Waals surface area contributed by atoms with Gasteiger partial charge in [-0.25, -0.2) is 4.79 Å². The van der Waals surface area contributed by atoms with Gasteiger partial charge in [-0.3, -0.25) is 9.67 Å². The van der Waals surface area contributed by atoms with Gasteiger partial charge < -0.3 is 15.7 Å². The number of urea groups is 1. The number of anilines is 2. The molecule has 3 N–H and O–H groups in total. The molecule has 10 heteroatoms. The van der Waals surface area contributed by atoms with Crippen LogP contribution in [-0.4, -0.2) is 32.5 Å². The zero-order valence-electron chi connectivity index (χ0n) is 17.3. The number of nitrogens with one attached hydrogen (secondary N) is 2. The third kappa shape index (κ3) is 5.29. The van der Waals surface area contributed by atoms with Crippen molar-refractivity contribution in [2.75, 3.05) is 17.2 Å². The summed E-state index contributed by atoms with van der Waals surface area (Å²) in [7, 11) is 0. The first kappa shape index (κ1) is 22.3. The number of aromatic nitrogens is 3. The number of fused-ring (bicyclic) bond motifs is 1. The molecule has 0 saturated carbocycles. The van der Waals surface area contributed by atoms with Gasteiger partial charge in [0.1, 0.15) is 0 Å². The first-order valence-corrected chi connectivity index (χ1v) is 10.1. The third-order valence-corrected chi connectivity index (χ3v) is 5.02. The first-order chi connectivity index (χ1) is 15.8. The average molecular weight is 455 g/mol. The lowest BCUT2D eigenvalue weighted by Gasteiger charge is -2.11. The zero-order chi connectivity index (χ0) is 23.4. The largest absolute Gasteiger partial charge is 0.416 e. The molecular formula is C23H20F3N5O2. The Labute approximate surface area is 186 Å². The lowest BCUT2D eigenvalue weighted by Crippen LogP contribution is -2.19. The Morgan fingerprint density at radius 2 is 1.76 bits per heavy atom. The van der Waals surface area contributed by atoms with Crippen molar-refractivity contribution in [2.24, 2.45) is 0 Å². The molecule has 2 amide bonds. The fraction of sp³-hybridized carbons (Fsp3) is 0.174. The van der Waals surface area contributed by atoms with E-state index in [2.05, 4.69) is 20.7 Å². The fourth-order valence-corrected chi connectivity index (χ4v) is 3.45. The van der Waals surface area contributed by atoms with Crippen LogP contribution in [0.25, 0.3) is 10.9 Å². The number of pyridine rings is 1. The van der Waals surface area contributed by atoms with E-state index in [1.165, 1.54) is 12.1 Å². The number of carbonyl (C=O) groups excluding carboxylic acids is 1. The van der Waals surface area contributed by atoms with Crippen molar-refractivity contribution in [3.8, 4) is 0 Å². The van der Waals surface area contributed by atoms with Crippen LogP contribution in [0, 0.1) is 0 Å². The Bertz CT molecular complexity index is 1270. The average Bonchev–Trinajstić information content (AvgIpc) is 3.19. The molecule has 0 spiro atoms. The maximum Gasteiger partial charge on any atom is 0.416 e. The van der Waals surface area contributed by atoms with Gasteiger partial charge in [0.05, 0.1) is 36.6 Å². The van der Waals surface area contributed by atoms with E-state index in [9.17, 15) is 18.0 Å². The Kier molecular flexibility index (Phi) is 6.27. The normalized spacial score (nSPS) is 11.5. The minimum Gasteiger partial charge on any atom is -0.394 e. The maximum atomic E-state index is 12.8. The van der Waals surface area contributed by atoms with Crippen LogP contribution in [0.15, 0.2) is 67.1 Å². The summed E-state index contributed by atoms with van der Waals surface area (Å²) in [4.78, 5) is 16.4. The standard InChI is InChI=1S/C23H20F3N5O2/c24-23(25,26)17-2-1-3-19(11-17)30-22(33)29-18-6-4-15(5-7-18)10-16-12-27-14-21-20(16)13-28-31(21)8-9-32/h1-7,11-14,32H,8-10H2,(H2,29,30,33). The number of nitrogens with zero attached hydrogens (tertiary/aromatic N) is 3. The van der Waals surface area contributed by atoms with Crippen LogP contribution in [-0.2, 0) is 19.1 Å². The molecule has 4 rings (SSSR count). The summed E-state index contributed by atoms with van der Waals surface area (Å²) in [6, 6.07) is 10.9. The topological polar surface area (TPSA) is 92.1 Å². The molecule has 0 fully saturated rings. The van der Waals surface area contributed by atoms with Crippen molar-refractivity contribution in [3.05, 3.63) is 83.8 Å². The molecule has 0 saturated heterocycles. The van der Waals surface area contributed by atoms with Crippen molar-refractivity contribution in [1.82, 2.24) is 14.8 Å². The van der Waals surface area contributed by atoms with Gasteiger partial charge in [0.25, 0.3) is 0 Å². The van der Waals surface area contributed by atoms with Gasteiger partial charge in [-0.15, -0.1) is 0 Å². The van der Waals surface area contributed by atoms with Crippen LogP contribution in [0.1, 0.15) is 16.7 Å². The van der Waals surface area contributed by atoms with Gasteiger partial charge in [0.15, 0.2) is 0 Å². The number of hydrogen-bond acceptors (Lipinski definition) is 4. The van der Waals surface area contributed by atoms with Gasteiger partial charge in [-0.05, 0) is 47.9 Å². The minimum atomic E-state index is -4.48. The number of rotatable bonds is 6. The van der Waals surface area contributed by atoms with Crippen molar-refractivity contribution in [2.45, 2.75) is 19.1 Å². The van der Waals surface area contributed by atoms with Crippen molar-refractivity contribution in [3.63, 3.8) is 0 Å². The van der Waals surface area contributed by atoms with Crippen LogP contribution in [0.4, 0.5) is 29.3 Å². The number of amides is 2. The van der Waals surface area contributed by atoms with Crippen molar-refractivity contribution in [1.29, 1.82) is 0 Å². The summed E-state index contributed by atoms with van der Waals surface area (Å²) in [6.45, 7) is 0.369. The number of halogens is 3. The zero-order valence-corrected chi connectivity index (χ0v) is 17.3. The molecule has 0 aliphatic carbocycles. The second-order valence-corrected chi connectivity index (χ2v) is 7.35. The number of aliphatic hydroxyl groups is 1. The number of benzene rings is 2. The number of carbonyl (C=O) groups is 1. The molecule has 0 aliphatic heterocycles. The van der Waals surface area contributed by atoms with Gasteiger partial charge in [-0.2, -0.15) is 18.3 Å². The molecule has 0 atom stereocenters. The quantitative estimate of drug-likeness (QED) is 0.394. The fourth-order valence-electron chi connectivity index (χ4n) is 3.45. The van der Waals surface area contributed by atoms with Gasteiger partial charge in [0, 0.05) is 23.0 Å². The predicted octanol–water partition coefficient (Wildman–Crippen LogP) is 4.68. The van der Waals surface area contributed by atoms with Crippen LogP contribution >= 0.6 is 0 Å². The van der Waals surface area contributed by atoms with E-state index in [0.29, 0.717) is 18.7 Å². The van der Waals surface area contributed by atoms with Crippen molar-refractivity contribution < 1.29 is 23.1 Å². The Balaban J connectivity index is 1.41. The van der Waals surface area contributed by atoms with E-state index < -0.39 is 17.8 Å². The van der Waals surface area contributed by atoms with Gasteiger partial charge in [0.2, 0.25) is 0 Å². The minimum absolute atomic E-state index is 0.0171. The summed E-state index contributed by atoms with van der Waals surface area (Å²) in [5.41, 5.74) is 2.49. The smallest absolute Gasteiger partial charge is 0.394 e. The second-order valence-electron chi connectivity index (χ2n) is 7.35. The maximum absolute atomic E-state index is 12.8. The molecule has 170 valence electrons. The predicted molar refractivity (Wildman–Crippen MR) is 118 cm³/mol. The lowest BCUT2D eigenvalue weighted by atomic mass is 10.0. The second kappa shape index (κ2) is 9.29. The van der Waals surface area contributed by atoms with E-state index >= 15 is 0 Å². The van der Waals surface area contributed by atoms with Crippen LogP contribution < -0.4 is 10.6 Å². The third-order valence-electron chi connectivity index (χ3n) is 5.02. The summed E-state index contributed by atoms with van der Waals surface area (Å²) < 4.78 is 40.2. The van der Waals surface area contributed by atoms with E-state index in [1.54, 1.807) is 35.4 Å². The highest BCUT2D eigenvalue weighted by atomic mass is 19.4. The van der Waals surface area contributed by atoms with E-state index in [1.807, 2.05) is 12.1 Å². The Morgan fingerprint density at radius 3 is 2.48 bits per heavy atom.